The first-order chi connectivity index (χ1) is 4.20. The molecule has 0 fully saturated rings. The molecule has 1 rings (SSSR count). The third-order valence-corrected chi connectivity index (χ3v) is 3.57. The summed E-state index contributed by atoms with van der Waals surface area (Å²) in [6.45, 7) is 0. The fraction of sp³-hybridized carbons (Fsp3) is 0. The second-order valence-electron chi connectivity index (χ2n) is 1.45. The van der Waals surface area contributed by atoms with Crippen molar-refractivity contribution in [1.82, 2.24) is 0 Å². The molecule has 0 aliphatic carbocycles. The number of nitro groups is 1. The van der Waals surface area contributed by atoms with E-state index < -0.39 is 15.8 Å². The van der Waals surface area contributed by atoms with Gasteiger partial charge in [0.2, 0.25) is 0 Å². The van der Waals surface area contributed by atoms with Gasteiger partial charge in [-0.3, -0.25) is 0 Å². The zero-order chi connectivity index (χ0) is 6.85. The van der Waals surface area contributed by atoms with Crippen molar-refractivity contribution < 1.29 is 4.92 Å². The first-order valence-corrected chi connectivity index (χ1v) is 4.66. The van der Waals surface area contributed by atoms with Crippen LogP contribution in [0.5, 0.6) is 0 Å². The first kappa shape index (κ1) is 6.84. The van der Waals surface area contributed by atoms with Gasteiger partial charge in [-0.2, -0.15) is 0 Å². The molecule has 0 spiro atoms. The molecule has 0 N–H and O–H groups in total. The third-order valence-electron chi connectivity index (χ3n) is 0.832. The molecule has 1 atom stereocenters. The van der Waals surface area contributed by atoms with Crippen molar-refractivity contribution in [1.29, 1.82) is 0 Å². The van der Waals surface area contributed by atoms with E-state index in [0.717, 1.165) is 0 Å². The topological polar surface area (TPSA) is 43.1 Å². The molecule has 0 bridgehead atoms. The van der Waals surface area contributed by atoms with Gasteiger partial charge in [0.25, 0.3) is 0 Å². The molecule has 5 heteroatoms. The van der Waals surface area contributed by atoms with Gasteiger partial charge in [0.15, 0.2) is 0 Å². The third kappa shape index (κ3) is 1.57. The maximum absolute atomic E-state index is 10.0. The van der Waals surface area contributed by atoms with Crippen LogP contribution in [0.15, 0.2) is 20.5 Å². The summed E-state index contributed by atoms with van der Waals surface area (Å²) < 4.78 is 0.946. The minimum absolute atomic E-state index is 0.292. The van der Waals surface area contributed by atoms with Crippen LogP contribution in [0.25, 0.3) is 0 Å². The van der Waals surface area contributed by atoms with Crippen LogP contribution in [0.1, 0.15) is 0 Å². The summed E-state index contributed by atoms with van der Waals surface area (Å²) in [5.41, 5.74) is 0. The van der Waals surface area contributed by atoms with Crippen LogP contribution >= 0.6 is 11.6 Å². The van der Waals surface area contributed by atoms with Gasteiger partial charge < -0.3 is 0 Å². The average Bonchev–Trinajstić information content (AvgIpc) is 2.14. The fourth-order valence-electron chi connectivity index (χ4n) is 0.464. The van der Waals surface area contributed by atoms with Crippen molar-refractivity contribution in [3.63, 3.8) is 0 Å². The van der Waals surface area contributed by atoms with Crippen LogP contribution in [0.3, 0.4) is 0 Å². The number of nitrogens with zero attached hydrogens (tertiary/aromatic N) is 1. The van der Waals surface area contributed by atoms with E-state index in [9.17, 15) is 10.1 Å². The summed E-state index contributed by atoms with van der Waals surface area (Å²) in [4.78, 5) is 9.65. The second kappa shape index (κ2) is 2.54. The SMILES string of the molecule is O=[N+]([O-])C1=CC=C(Cl)[AsH]1. The number of halogens is 1. The average molecular weight is 207 g/mol. The van der Waals surface area contributed by atoms with E-state index in [1.165, 1.54) is 6.08 Å². The summed E-state index contributed by atoms with van der Waals surface area (Å²) >= 11 is 4.75. The Labute approximate surface area is 63.2 Å². The van der Waals surface area contributed by atoms with E-state index in [0.29, 0.717) is 8.30 Å². The minimum atomic E-state index is -0.762. The van der Waals surface area contributed by atoms with Crippen LogP contribution in [-0.2, 0) is 0 Å². The predicted octanol–water partition coefficient (Wildman–Crippen LogP) is 0.635. The van der Waals surface area contributed by atoms with Crippen molar-refractivity contribution in [2.45, 2.75) is 0 Å². The molecule has 0 aromatic heterocycles. The zero-order valence-corrected chi connectivity index (χ0v) is 7.15. The molecule has 1 aliphatic heterocycles. The molecule has 0 aromatic carbocycles. The van der Waals surface area contributed by atoms with Crippen molar-refractivity contribution >= 4 is 27.4 Å². The van der Waals surface area contributed by atoms with Crippen LogP contribution in [0.4, 0.5) is 0 Å². The molecule has 0 amide bonds. The second-order valence-corrected chi connectivity index (χ2v) is 5.25. The number of hydrogen-bond donors (Lipinski definition) is 0. The molecule has 0 radical (unpaired) electrons. The van der Waals surface area contributed by atoms with Gasteiger partial charge in [-0.15, -0.1) is 0 Å². The van der Waals surface area contributed by atoms with E-state index in [-0.39, 0.29) is 4.92 Å². The quantitative estimate of drug-likeness (QED) is 0.360. The van der Waals surface area contributed by atoms with E-state index in [1.54, 1.807) is 6.08 Å². The molecule has 0 saturated heterocycles. The van der Waals surface area contributed by atoms with E-state index in [2.05, 4.69) is 0 Å². The number of allylic oxidation sites excluding steroid dienone is 2. The molecule has 1 unspecified atom stereocenters. The summed E-state index contributed by atoms with van der Waals surface area (Å²) in [6, 6.07) is 0. The van der Waals surface area contributed by atoms with Crippen LogP contribution in [-0.4, -0.2) is 20.7 Å². The van der Waals surface area contributed by atoms with Crippen molar-refractivity contribution in [3.05, 3.63) is 30.6 Å². The molecular weight excluding hydrogens is 204 g/mol. The predicted molar refractivity (Wildman–Crippen MR) is 36.2 cm³/mol. The Morgan fingerprint density at radius 2 is 2.33 bits per heavy atom. The molecule has 48 valence electrons. The van der Waals surface area contributed by atoms with E-state index in [1.807, 2.05) is 0 Å². The molecule has 0 aromatic rings. The number of hydrogen-bond acceptors (Lipinski definition) is 2. The van der Waals surface area contributed by atoms with Gasteiger partial charge in [-0.1, -0.05) is 0 Å². The Bertz CT molecular complexity index is 211. The van der Waals surface area contributed by atoms with Gasteiger partial charge in [-0.25, -0.2) is 0 Å². The Hall–Kier alpha value is -0.272. The number of rotatable bonds is 1. The molecule has 1 heterocycles. The first-order valence-electron chi connectivity index (χ1n) is 2.19. The van der Waals surface area contributed by atoms with Crippen molar-refractivity contribution in [3.8, 4) is 0 Å². The van der Waals surface area contributed by atoms with Crippen LogP contribution < -0.4 is 0 Å². The van der Waals surface area contributed by atoms with Crippen LogP contribution in [0.2, 0.25) is 0 Å². The Balaban J connectivity index is 2.64. The summed E-state index contributed by atoms with van der Waals surface area (Å²) in [6.07, 6.45) is 3.07. The molecular formula is C4H3AsClNO2. The summed E-state index contributed by atoms with van der Waals surface area (Å²) in [7, 11) is 0. The Kier molecular flexibility index (Phi) is 1.93. The summed E-state index contributed by atoms with van der Waals surface area (Å²) in [5, 5.41) is 10.0. The molecule has 9 heavy (non-hydrogen) atoms. The van der Waals surface area contributed by atoms with Gasteiger partial charge in [0.05, 0.1) is 0 Å². The van der Waals surface area contributed by atoms with Crippen molar-refractivity contribution in [2.75, 3.05) is 0 Å². The monoisotopic (exact) mass is 207 g/mol. The molecule has 0 saturated carbocycles. The fourth-order valence-corrected chi connectivity index (χ4v) is 2.43. The Morgan fingerprint density at radius 3 is 2.56 bits per heavy atom. The normalized spacial score (nSPS) is 19.7. The van der Waals surface area contributed by atoms with Gasteiger partial charge in [0.1, 0.15) is 0 Å². The molecule has 1 aliphatic rings. The summed E-state index contributed by atoms with van der Waals surface area (Å²) in [5.74, 6) is 0. The standard InChI is InChI=1S/C4H3AsClNO2/c6-3-1-2-4(5-3)7(8)9/h1-2,5H. The Morgan fingerprint density at radius 1 is 1.67 bits per heavy atom. The zero-order valence-electron chi connectivity index (χ0n) is 4.30. The maximum atomic E-state index is 10.0. The van der Waals surface area contributed by atoms with Crippen molar-refractivity contribution in [2.24, 2.45) is 0 Å². The van der Waals surface area contributed by atoms with Gasteiger partial charge >= 0.3 is 62.8 Å². The molecule has 3 nitrogen and oxygen atoms in total. The van der Waals surface area contributed by atoms with E-state index in [4.69, 9.17) is 11.6 Å². The van der Waals surface area contributed by atoms with Crippen LogP contribution in [0, 0.1) is 10.1 Å². The van der Waals surface area contributed by atoms with Gasteiger partial charge in [0, 0.05) is 0 Å². The van der Waals surface area contributed by atoms with E-state index >= 15 is 0 Å². The van der Waals surface area contributed by atoms with Gasteiger partial charge in [-0.05, 0) is 0 Å².